The number of methoxy groups -OCH3 is 1. The Morgan fingerprint density at radius 1 is 0.897 bits per heavy atom. The summed E-state index contributed by atoms with van der Waals surface area (Å²) in [4.78, 5) is 94.6. The third-order valence-corrected chi connectivity index (χ3v) is 13.3. The fourth-order valence-electron chi connectivity index (χ4n) is 9.28. The quantitative estimate of drug-likeness (QED) is 0.0326. The van der Waals surface area contributed by atoms with E-state index in [1.165, 1.54) is 44.2 Å². The van der Waals surface area contributed by atoms with Crippen LogP contribution in [0.1, 0.15) is 121 Å². The van der Waals surface area contributed by atoms with Gasteiger partial charge in [0.1, 0.15) is 36.4 Å². The van der Waals surface area contributed by atoms with Gasteiger partial charge in [0.05, 0.1) is 30.7 Å². The Balaban J connectivity index is 0.0000131. The van der Waals surface area contributed by atoms with Crippen molar-refractivity contribution in [2.24, 2.45) is 11.7 Å². The standard InChI is InChI=1S/C54H75N7O16.ClH/c1-6-7-8-9-10-11-12-13-17-20-43(64)59-46-48(66)47(65)42(29-62)77-54(46)76-41-28-34-27-40(49(41)74-5)75-39-22-21-33(26-38(39)61(72)73)25-37(57-50(67)35(55)23-30(2)3)51(68)58-36(24-32-18-15-14-16-19-32)52(69)60-44(34)45(53(70)71)56-31(4)63;/h14-16,18-19,21-22,26-28,30,35-37,42,44-48,54,62,65-66H,6-13,17,20,23-25,29,55H2,1-5H3,(H,56,63)(H,57,67)(H,58,68)(H,59,64)(H,60,69)(H,70,71);1H/t35-,36-,37+,42-,44-,45-,46-,47-,48-,54-;/m1./s1. The Morgan fingerprint density at radius 2 is 1.56 bits per heavy atom. The lowest BCUT2D eigenvalue weighted by Crippen LogP contribution is -2.65. The maximum atomic E-state index is 14.9. The van der Waals surface area contributed by atoms with Gasteiger partial charge in [0, 0.05) is 32.3 Å². The van der Waals surface area contributed by atoms with Crippen LogP contribution >= 0.6 is 12.4 Å². The molecule has 4 bridgehead atoms. The number of hydrogen-bond donors (Lipinski definition) is 10. The average molecular weight is 1110 g/mol. The number of nitrogens with zero attached hydrogens (tertiary/aromatic N) is 1. The van der Waals surface area contributed by atoms with E-state index < -0.39 is 131 Å². The van der Waals surface area contributed by atoms with Gasteiger partial charge in [-0.3, -0.25) is 34.1 Å². The maximum Gasteiger partial charge on any atom is 0.328 e. The molecule has 1 saturated heterocycles. The molecule has 5 amide bonds. The number of nitro groups is 1. The molecule has 1 fully saturated rings. The number of benzene rings is 3. The van der Waals surface area contributed by atoms with Gasteiger partial charge in [0.25, 0.3) is 0 Å². The highest BCUT2D eigenvalue weighted by molar-refractivity contribution is 5.94. The number of aliphatic hydroxyl groups is 3. The van der Waals surface area contributed by atoms with Crippen LogP contribution in [0.3, 0.4) is 0 Å². The number of fused-ring (bicyclic) bond motifs is 9. The zero-order valence-electron chi connectivity index (χ0n) is 44.6. The Kier molecular flexibility index (Phi) is 25.5. The second kappa shape index (κ2) is 31.1. The van der Waals surface area contributed by atoms with Crippen LogP contribution < -0.4 is 46.5 Å². The highest BCUT2D eigenvalue weighted by Crippen LogP contribution is 2.45. The zero-order valence-corrected chi connectivity index (χ0v) is 45.5. The lowest BCUT2D eigenvalue weighted by Gasteiger charge is -2.42. The number of rotatable bonds is 25. The van der Waals surface area contributed by atoms with Gasteiger partial charge in [-0.1, -0.05) is 109 Å². The molecule has 10 atom stereocenters. The molecule has 0 unspecified atom stereocenters. The van der Waals surface area contributed by atoms with E-state index in [1.54, 1.807) is 30.3 Å². The van der Waals surface area contributed by atoms with Crippen LogP contribution in [0, 0.1) is 16.0 Å². The summed E-state index contributed by atoms with van der Waals surface area (Å²) in [6.45, 7) is 6.06. The summed E-state index contributed by atoms with van der Waals surface area (Å²) in [7, 11) is 1.18. The number of unbranched alkanes of at least 4 members (excludes halogenated alkanes) is 8. The first-order valence-electron chi connectivity index (χ1n) is 26.2. The SMILES string of the molecule is CCCCCCCCCCCC(=O)N[C@H]1[C@H](Oc2cc3cc(c2OC)Oc2ccc(cc2[N+](=O)[O-])C[C@H](NC(=O)[C@H](N)CC(C)C)C(=O)N[C@H](Cc2ccccc2)C(=O)N[C@H]3[C@@H](NC(C)=O)C(=O)O)O[C@H](CO)[C@@H](O)[C@@H]1O.Cl. The van der Waals surface area contributed by atoms with Gasteiger partial charge in [0.2, 0.25) is 47.3 Å². The molecule has 11 N–H and O–H groups in total. The Labute approximate surface area is 459 Å². The molecule has 0 aliphatic carbocycles. The number of carbonyl (C=O) groups excluding carboxylic acids is 5. The minimum Gasteiger partial charge on any atom is -0.490 e. The summed E-state index contributed by atoms with van der Waals surface area (Å²) in [5.41, 5.74) is 6.06. The molecule has 3 aliphatic rings. The van der Waals surface area contributed by atoms with E-state index in [0.717, 1.165) is 51.5 Å². The predicted octanol–water partition coefficient (Wildman–Crippen LogP) is 3.93. The van der Waals surface area contributed by atoms with Gasteiger partial charge >= 0.3 is 11.7 Å². The van der Waals surface area contributed by atoms with Crippen molar-refractivity contribution in [1.29, 1.82) is 0 Å². The molecular weight excluding hydrogens is 1040 g/mol. The van der Waals surface area contributed by atoms with Crippen molar-refractivity contribution in [1.82, 2.24) is 26.6 Å². The second-order valence-corrected chi connectivity index (χ2v) is 20.0. The highest BCUT2D eigenvalue weighted by atomic mass is 35.5. The normalized spacial score (nSPS) is 22.1. The number of nitro benzene ring substituents is 1. The maximum absolute atomic E-state index is 14.9. The lowest BCUT2D eigenvalue weighted by atomic mass is 9.95. The molecular formula is C54H76ClN7O16. The third kappa shape index (κ3) is 18.2. The van der Waals surface area contributed by atoms with Crippen molar-refractivity contribution in [2.75, 3.05) is 13.7 Å². The first-order valence-corrected chi connectivity index (χ1v) is 26.2. The van der Waals surface area contributed by atoms with Crippen LogP contribution in [0.15, 0.2) is 60.7 Å². The van der Waals surface area contributed by atoms with Gasteiger partial charge in [-0.2, -0.15) is 0 Å². The van der Waals surface area contributed by atoms with Gasteiger partial charge < -0.3 is 71.7 Å². The monoisotopic (exact) mass is 1110 g/mol. The van der Waals surface area contributed by atoms with Crippen molar-refractivity contribution in [3.63, 3.8) is 0 Å². The molecule has 3 aromatic carbocycles. The zero-order chi connectivity index (χ0) is 56.3. The minimum absolute atomic E-state index is 0. The van der Waals surface area contributed by atoms with Gasteiger partial charge in [-0.05, 0) is 53.6 Å². The van der Waals surface area contributed by atoms with Crippen molar-refractivity contribution < 1.29 is 73.1 Å². The van der Waals surface area contributed by atoms with Crippen molar-refractivity contribution in [3.8, 4) is 23.0 Å². The van der Waals surface area contributed by atoms with Crippen LogP contribution in [0.5, 0.6) is 23.0 Å². The van der Waals surface area contributed by atoms with Crippen molar-refractivity contribution in [3.05, 3.63) is 87.5 Å². The number of aliphatic carboxylic acids is 1. The number of carboxylic acids is 1. The summed E-state index contributed by atoms with van der Waals surface area (Å²) >= 11 is 0. The van der Waals surface area contributed by atoms with Gasteiger partial charge in [-0.15, -0.1) is 12.4 Å². The second-order valence-electron chi connectivity index (χ2n) is 20.0. The summed E-state index contributed by atoms with van der Waals surface area (Å²) < 4.78 is 24.4. The molecule has 3 aromatic rings. The third-order valence-electron chi connectivity index (χ3n) is 13.3. The number of amides is 5. The molecule has 3 aliphatic heterocycles. The lowest BCUT2D eigenvalue weighted by molar-refractivity contribution is -0.385. The first kappa shape index (κ1) is 63.9. The predicted molar refractivity (Wildman–Crippen MR) is 287 cm³/mol. The van der Waals surface area contributed by atoms with Gasteiger partial charge in [0.15, 0.2) is 17.5 Å². The van der Waals surface area contributed by atoms with Crippen LogP contribution in [0.4, 0.5) is 5.69 Å². The number of ether oxygens (including phenoxy) is 4. The molecule has 0 saturated carbocycles. The van der Waals surface area contributed by atoms with Crippen LogP contribution in [0.2, 0.25) is 0 Å². The topological polar surface area (TPSA) is 350 Å². The summed E-state index contributed by atoms with van der Waals surface area (Å²) in [5, 5.41) is 69.4. The van der Waals surface area contributed by atoms with E-state index in [9.17, 15) is 59.3 Å². The van der Waals surface area contributed by atoms with E-state index in [0.29, 0.717) is 12.0 Å². The molecule has 23 nitrogen and oxygen atoms in total. The summed E-state index contributed by atoms with van der Waals surface area (Å²) in [6, 6.07) is 5.10. The first-order chi connectivity index (χ1) is 36.7. The van der Waals surface area contributed by atoms with E-state index >= 15 is 0 Å². The summed E-state index contributed by atoms with van der Waals surface area (Å²) in [6.07, 6.45) is 1.88. The number of carboxylic acid groups (broad SMARTS) is 1. The Bertz CT molecular complexity index is 2510. The number of nitrogens with one attached hydrogen (secondary N) is 5. The number of aliphatic hydroxyl groups excluding tert-OH is 3. The Morgan fingerprint density at radius 3 is 2.17 bits per heavy atom. The van der Waals surface area contributed by atoms with E-state index in [2.05, 4.69) is 33.5 Å². The van der Waals surface area contributed by atoms with Crippen molar-refractivity contribution in [2.45, 2.75) is 172 Å². The van der Waals surface area contributed by atoms with Crippen molar-refractivity contribution >= 4 is 53.6 Å². The molecule has 0 radical (unpaired) electrons. The number of hydrogen-bond acceptors (Lipinski definition) is 16. The van der Waals surface area contributed by atoms with Crippen LogP contribution in [-0.4, -0.2) is 129 Å². The molecule has 78 heavy (non-hydrogen) atoms. The number of halogens is 1. The van der Waals surface area contributed by atoms with E-state index in [-0.39, 0.29) is 60.9 Å². The van der Waals surface area contributed by atoms with Crippen LogP contribution in [-0.2, 0) is 46.3 Å². The highest BCUT2D eigenvalue weighted by Gasteiger charge is 2.47. The average Bonchev–Trinajstić information content (AvgIpc) is 3.38. The fourth-order valence-corrected chi connectivity index (χ4v) is 9.28. The summed E-state index contributed by atoms with van der Waals surface area (Å²) in [5.74, 6) is -7.21. The number of nitrogens with two attached hydrogens (primary N) is 1. The molecule has 24 heteroatoms. The van der Waals surface area contributed by atoms with Gasteiger partial charge in [-0.25, -0.2) is 4.79 Å². The largest absolute Gasteiger partial charge is 0.490 e. The molecule has 3 heterocycles. The molecule has 430 valence electrons. The molecule has 0 spiro atoms. The Hall–Kier alpha value is -6.63. The number of carbonyl (C=O) groups is 6. The molecule has 6 rings (SSSR count). The fraction of sp³-hybridized carbons (Fsp3) is 0.556. The molecule has 0 aromatic heterocycles. The smallest absolute Gasteiger partial charge is 0.328 e. The minimum atomic E-state index is -2.00. The van der Waals surface area contributed by atoms with Crippen LogP contribution in [0.25, 0.3) is 0 Å². The van der Waals surface area contributed by atoms with E-state index in [1.807, 2.05) is 13.8 Å². The van der Waals surface area contributed by atoms with E-state index in [4.69, 9.17) is 24.7 Å².